The van der Waals surface area contributed by atoms with Gasteiger partial charge in [-0.25, -0.2) is 8.42 Å². The molecule has 1 aromatic carbocycles. The second-order valence-electron chi connectivity index (χ2n) is 4.40. The molecular formula is C12H11Cl2N3O4S2. The monoisotopic (exact) mass is 395 g/mol. The highest BCUT2D eigenvalue weighted by Crippen LogP contribution is 2.18. The topological polar surface area (TPSA) is 98.2 Å². The van der Waals surface area contributed by atoms with Crippen LogP contribution >= 0.6 is 34.7 Å². The second-order valence-corrected chi connectivity index (χ2v) is 7.90. The van der Waals surface area contributed by atoms with Crippen molar-refractivity contribution in [2.75, 3.05) is 0 Å². The third-order valence-corrected chi connectivity index (χ3v) is 5.46. The maximum atomic E-state index is 12.1. The lowest BCUT2D eigenvalue weighted by Crippen LogP contribution is -2.39. The van der Waals surface area contributed by atoms with E-state index in [-0.39, 0.29) is 11.5 Å². The highest BCUT2D eigenvalue weighted by molar-refractivity contribution is 7.89. The van der Waals surface area contributed by atoms with E-state index >= 15 is 0 Å². The van der Waals surface area contributed by atoms with Crippen molar-refractivity contribution in [3.63, 3.8) is 0 Å². The van der Waals surface area contributed by atoms with Crippen LogP contribution in [0.15, 0.2) is 29.2 Å². The van der Waals surface area contributed by atoms with Gasteiger partial charge in [-0.3, -0.25) is 4.79 Å². The molecule has 0 amide bonds. The average Bonchev–Trinajstić information content (AvgIpc) is 2.90. The summed E-state index contributed by atoms with van der Waals surface area (Å²) in [5.74, 6) is -0.758. The van der Waals surface area contributed by atoms with Crippen LogP contribution in [0.25, 0.3) is 0 Å². The summed E-state index contributed by atoms with van der Waals surface area (Å²) < 4.78 is 35.4. The number of benzene rings is 1. The largest absolute Gasteiger partial charge is 0.458 e. The number of hydrogen-bond donors (Lipinski definition) is 1. The number of halogens is 2. The number of carbonyl (C=O) groups excluding carboxylic acids is 1. The Morgan fingerprint density at radius 2 is 2.00 bits per heavy atom. The molecule has 1 N–H and O–H groups in total. The van der Waals surface area contributed by atoms with Crippen molar-refractivity contribution in [2.24, 2.45) is 0 Å². The Kier molecular flexibility index (Phi) is 5.93. The standard InChI is InChI=1S/C12H11Cl2N3O4S2/c1-7(12(18)21-6-10-11(14)22-17-15-10)16-23(19,20)9-4-2-8(13)3-5-9/h2-5,7,16H,6H2,1H3/t7-/m0/s1. The van der Waals surface area contributed by atoms with Gasteiger partial charge in [-0.15, -0.1) is 5.10 Å². The number of aromatic nitrogens is 2. The van der Waals surface area contributed by atoms with Gasteiger partial charge in [0.15, 0.2) is 0 Å². The summed E-state index contributed by atoms with van der Waals surface area (Å²) in [5, 5.41) is 4.09. The smallest absolute Gasteiger partial charge is 0.324 e. The molecule has 0 unspecified atom stereocenters. The summed E-state index contributed by atoms with van der Waals surface area (Å²) in [5.41, 5.74) is 0.317. The van der Waals surface area contributed by atoms with Crippen molar-refractivity contribution in [2.45, 2.75) is 24.5 Å². The van der Waals surface area contributed by atoms with E-state index < -0.39 is 22.0 Å². The van der Waals surface area contributed by atoms with Crippen LogP contribution in [0.4, 0.5) is 0 Å². The molecule has 0 aliphatic carbocycles. The Morgan fingerprint density at radius 3 is 2.57 bits per heavy atom. The first-order valence-corrected chi connectivity index (χ1v) is 9.22. The van der Waals surface area contributed by atoms with Gasteiger partial charge in [0.2, 0.25) is 10.0 Å². The van der Waals surface area contributed by atoms with E-state index in [1.165, 1.54) is 31.2 Å². The van der Waals surface area contributed by atoms with Gasteiger partial charge in [-0.2, -0.15) is 4.72 Å². The number of hydrogen-bond acceptors (Lipinski definition) is 7. The minimum Gasteiger partial charge on any atom is -0.458 e. The molecular weight excluding hydrogens is 385 g/mol. The molecule has 0 radical (unpaired) electrons. The maximum Gasteiger partial charge on any atom is 0.324 e. The first-order chi connectivity index (χ1) is 10.8. The lowest BCUT2D eigenvalue weighted by atomic mass is 10.4. The van der Waals surface area contributed by atoms with Crippen LogP contribution in [-0.2, 0) is 26.2 Å². The van der Waals surface area contributed by atoms with E-state index in [1.807, 2.05) is 0 Å². The Bertz CT molecular complexity index is 793. The van der Waals surface area contributed by atoms with E-state index in [2.05, 4.69) is 14.3 Å². The van der Waals surface area contributed by atoms with Crippen LogP contribution in [0.1, 0.15) is 12.6 Å². The predicted molar refractivity (Wildman–Crippen MR) is 86.0 cm³/mol. The van der Waals surface area contributed by atoms with Crippen LogP contribution < -0.4 is 4.72 Å². The van der Waals surface area contributed by atoms with Gasteiger partial charge in [0.25, 0.3) is 0 Å². The molecule has 0 aliphatic heterocycles. The Labute approximate surface area is 146 Å². The van der Waals surface area contributed by atoms with Crippen LogP contribution in [0.3, 0.4) is 0 Å². The number of nitrogens with zero attached hydrogens (tertiary/aromatic N) is 2. The lowest BCUT2D eigenvalue weighted by Gasteiger charge is -2.13. The lowest BCUT2D eigenvalue weighted by molar-refractivity contribution is -0.146. The molecule has 1 aromatic heterocycles. The SMILES string of the molecule is C[C@H](NS(=O)(=O)c1ccc(Cl)cc1)C(=O)OCc1nnsc1Cl. The summed E-state index contributed by atoms with van der Waals surface area (Å²) in [7, 11) is -3.86. The number of sulfonamides is 1. The molecule has 23 heavy (non-hydrogen) atoms. The van der Waals surface area contributed by atoms with E-state index in [1.54, 1.807) is 0 Å². The van der Waals surface area contributed by atoms with Gasteiger partial charge >= 0.3 is 5.97 Å². The van der Waals surface area contributed by atoms with E-state index in [0.717, 1.165) is 11.5 Å². The fourth-order valence-electron chi connectivity index (χ4n) is 1.51. The van der Waals surface area contributed by atoms with E-state index in [9.17, 15) is 13.2 Å². The fraction of sp³-hybridized carbons (Fsp3) is 0.250. The number of esters is 1. The fourth-order valence-corrected chi connectivity index (χ4v) is 3.43. The molecule has 0 bridgehead atoms. The van der Waals surface area contributed by atoms with Gasteiger partial charge in [-0.1, -0.05) is 27.7 Å². The molecule has 11 heteroatoms. The predicted octanol–water partition coefficient (Wildman–Crippen LogP) is 2.26. The number of carbonyl (C=O) groups is 1. The van der Waals surface area contributed by atoms with Gasteiger partial charge in [0.1, 0.15) is 22.7 Å². The zero-order valence-electron chi connectivity index (χ0n) is 11.7. The number of rotatable bonds is 6. The molecule has 0 aliphatic rings. The van der Waals surface area contributed by atoms with Crippen molar-refractivity contribution in [1.82, 2.24) is 14.3 Å². The van der Waals surface area contributed by atoms with E-state index in [0.29, 0.717) is 15.1 Å². The molecule has 1 heterocycles. The Hall–Kier alpha value is -1.26. The summed E-state index contributed by atoms with van der Waals surface area (Å²) in [4.78, 5) is 11.8. The zero-order valence-corrected chi connectivity index (χ0v) is 14.8. The van der Waals surface area contributed by atoms with Crippen LogP contribution in [0, 0.1) is 0 Å². The van der Waals surface area contributed by atoms with Crippen LogP contribution in [0.2, 0.25) is 9.36 Å². The van der Waals surface area contributed by atoms with Crippen molar-refractivity contribution < 1.29 is 17.9 Å². The van der Waals surface area contributed by atoms with Crippen molar-refractivity contribution in [3.05, 3.63) is 39.3 Å². The molecule has 2 rings (SSSR count). The maximum absolute atomic E-state index is 12.1. The molecule has 124 valence electrons. The van der Waals surface area contributed by atoms with Gasteiger partial charge in [0, 0.05) is 16.6 Å². The summed E-state index contributed by atoms with van der Waals surface area (Å²) in [6, 6.07) is 4.47. The highest BCUT2D eigenvalue weighted by atomic mass is 35.5. The minimum atomic E-state index is -3.86. The zero-order chi connectivity index (χ0) is 17.0. The van der Waals surface area contributed by atoms with Gasteiger partial charge in [0.05, 0.1) is 4.90 Å². The normalized spacial score (nSPS) is 12.8. The van der Waals surface area contributed by atoms with Crippen molar-refractivity contribution >= 4 is 50.7 Å². The number of nitrogens with one attached hydrogen (secondary N) is 1. The van der Waals surface area contributed by atoms with Gasteiger partial charge in [-0.05, 0) is 31.2 Å². The quantitative estimate of drug-likeness (QED) is 0.753. The first-order valence-electron chi connectivity index (χ1n) is 6.21. The average molecular weight is 396 g/mol. The van der Waals surface area contributed by atoms with Gasteiger partial charge < -0.3 is 4.74 Å². The molecule has 0 spiro atoms. The summed E-state index contributed by atoms with van der Waals surface area (Å²) in [6.07, 6.45) is 0. The first kappa shape index (κ1) is 18.1. The van der Waals surface area contributed by atoms with E-state index in [4.69, 9.17) is 27.9 Å². The Balaban J connectivity index is 1.97. The molecule has 1 atom stereocenters. The molecule has 0 saturated carbocycles. The molecule has 2 aromatic rings. The minimum absolute atomic E-state index is 0.00621. The second kappa shape index (κ2) is 7.54. The van der Waals surface area contributed by atoms with Crippen LogP contribution in [0.5, 0.6) is 0 Å². The van der Waals surface area contributed by atoms with Crippen molar-refractivity contribution in [1.29, 1.82) is 0 Å². The Morgan fingerprint density at radius 1 is 1.35 bits per heavy atom. The molecule has 7 nitrogen and oxygen atoms in total. The third-order valence-electron chi connectivity index (χ3n) is 2.67. The number of ether oxygens (including phenoxy) is 1. The third kappa shape index (κ3) is 4.85. The van der Waals surface area contributed by atoms with Crippen LogP contribution in [-0.4, -0.2) is 30.0 Å². The molecule has 0 saturated heterocycles. The summed E-state index contributed by atoms with van der Waals surface area (Å²) >= 11 is 12.5. The highest BCUT2D eigenvalue weighted by Gasteiger charge is 2.23. The molecule has 0 fully saturated rings. The summed E-state index contributed by atoms with van der Waals surface area (Å²) in [6.45, 7) is 1.19. The van der Waals surface area contributed by atoms with Crippen molar-refractivity contribution in [3.8, 4) is 0 Å².